The molecule has 0 spiro atoms. The molecule has 110 valence electrons. The Balaban J connectivity index is 2.09. The SMILES string of the molecule is CN(Cc1ccc(Br)cc1)Cc1ccccc1C(N)=NO. The van der Waals surface area contributed by atoms with Gasteiger partial charge in [-0.2, -0.15) is 0 Å². The summed E-state index contributed by atoms with van der Waals surface area (Å²) in [6.07, 6.45) is 0. The average Bonchev–Trinajstić information content (AvgIpc) is 2.49. The van der Waals surface area contributed by atoms with Crippen LogP contribution in [-0.4, -0.2) is 23.0 Å². The molecule has 0 bridgehead atoms. The van der Waals surface area contributed by atoms with Gasteiger partial charge in [0.2, 0.25) is 0 Å². The van der Waals surface area contributed by atoms with Crippen molar-refractivity contribution in [1.29, 1.82) is 0 Å². The van der Waals surface area contributed by atoms with Crippen molar-refractivity contribution in [3.63, 3.8) is 0 Å². The van der Waals surface area contributed by atoms with Gasteiger partial charge in [0.25, 0.3) is 0 Å². The lowest BCUT2D eigenvalue weighted by molar-refractivity contribution is 0.315. The number of nitrogens with two attached hydrogens (primary N) is 1. The highest BCUT2D eigenvalue weighted by Crippen LogP contribution is 2.15. The van der Waals surface area contributed by atoms with Crippen LogP contribution < -0.4 is 5.73 Å². The Kier molecular flexibility index (Phi) is 5.36. The van der Waals surface area contributed by atoms with Gasteiger partial charge in [0, 0.05) is 23.1 Å². The molecular formula is C16H18BrN3O. The second-order valence-electron chi connectivity index (χ2n) is 4.94. The van der Waals surface area contributed by atoms with Crippen LogP contribution in [0.25, 0.3) is 0 Å². The van der Waals surface area contributed by atoms with Crippen molar-refractivity contribution >= 4 is 21.8 Å². The minimum atomic E-state index is 0.141. The van der Waals surface area contributed by atoms with Crippen molar-refractivity contribution in [3.05, 3.63) is 69.7 Å². The van der Waals surface area contributed by atoms with E-state index in [0.717, 1.165) is 28.7 Å². The fourth-order valence-electron chi connectivity index (χ4n) is 2.21. The van der Waals surface area contributed by atoms with E-state index < -0.39 is 0 Å². The molecule has 0 radical (unpaired) electrons. The molecule has 0 aliphatic heterocycles. The molecule has 0 heterocycles. The highest BCUT2D eigenvalue weighted by Gasteiger charge is 2.09. The van der Waals surface area contributed by atoms with E-state index in [1.54, 1.807) is 0 Å². The molecule has 5 heteroatoms. The van der Waals surface area contributed by atoms with Crippen LogP contribution in [0.1, 0.15) is 16.7 Å². The lowest BCUT2D eigenvalue weighted by Crippen LogP contribution is -2.21. The summed E-state index contributed by atoms with van der Waals surface area (Å²) in [6.45, 7) is 1.56. The maximum atomic E-state index is 8.85. The summed E-state index contributed by atoms with van der Waals surface area (Å²) in [4.78, 5) is 2.19. The zero-order chi connectivity index (χ0) is 15.2. The molecule has 0 unspecified atom stereocenters. The molecule has 2 aromatic carbocycles. The Morgan fingerprint density at radius 1 is 1.14 bits per heavy atom. The van der Waals surface area contributed by atoms with E-state index in [1.165, 1.54) is 5.56 Å². The lowest BCUT2D eigenvalue weighted by atomic mass is 10.1. The van der Waals surface area contributed by atoms with Crippen molar-refractivity contribution < 1.29 is 5.21 Å². The van der Waals surface area contributed by atoms with Crippen LogP contribution >= 0.6 is 15.9 Å². The quantitative estimate of drug-likeness (QED) is 0.378. The first-order chi connectivity index (χ1) is 10.1. The monoisotopic (exact) mass is 347 g/mol. The van der Waals surface area contributed by atoms with E-state index in [2.05, 4.69) is 38.1 Å². The number of amidine groups is 1. The predicted octanol–water partition coefficient (Wildman–Crippen LogP) is 3.18. The largest absolute Gasteiger partial charge is 0.409 e. The normalized spacial score (nSPS) is 11.9. The smallest absolute Gasteiger partial charge is 0.170 e. The minimum Gasteiger partial charge on any atom is -0.409 e. The Morgan fingerprint density at radius 2 is 1.81 bits per heavy atom. The lowest BCUT2D eigenvalue weighted by Gasteiger charge is -2.18. The Bertz CT molecular complexity index is 626. The Labute approximate surface area is 133 Å². The van der Waals surface area contributed by atoms with Crippen molar-refractivity contribution in [2.75, 3.05) is 7.05 Å². The molecule has 0 atom stereocenters. The van der Waals surface area contributed by atoms with E-state index in [-0.39, 0.29) is 5.84 Å². The van der Waals surface area contributed by atoms with Gasteiger partial charge in [-0.15, -0.1) is 0 Å². The number of nitrogens with zero attached hydrogens (tertiary/aromatic N) is 2. The first kappa shape index (κ1) is 15.5. The van der Waals surface area contributed by atoms with E-state index in [1.807, 2.05) is 43.4 Å². The number of rotatable bonds is 5. The third-order valence-corrected chi connectivity index (χ3v) is 3.74. The van der Waals surface area contributed by atoms with Crippen LogP contribution in [0.2, 0.25) is 0 Å². The minimum absolute atomic E-state index is 0.141. The van der Waals surface area contributed by atoms with Gasteiger partial charge in [0.1, 0.15) is 0 Å². The summed E-state index contributed by atoms with van der Waals surface area (Å²) < 4.78 is 1.08. The molecule has 0 fully saturated rings. The molecule has 2 rings (SSSR count). The molecule has 0 aliphatic carbocycles. The molecule has 4 nitrogen and oxygen atoms in total. The third-order valence-electron chi connectivity index (χ3n) is 3.21. The second kappa shape index (κ2) is 7.24. The second-order valence-corrected chi connectivity index (χ2v) is 5.86. The molecular weight excluding hydrogens is 330 g/mol. The van der Waals surface area contributed by atoms with Crippen LogP contribution in [0.3, 0.4) is 0 Å². The van der Waals surface area contributed by atoms with Gasteiger partial charge in [0.15, 0.2) is 5.84 Å². The number of hydrogen-bond donors (Lipinski definition) is 2. The van der Waals surface area contributed by atoms with Crippen LogP contribution in [0.15, 0.2) is 58.2 Å². The summed E-state index contributed by atoms with van der Waals surface area (Å²) in [5.74, 6) is 0.141. The maximum Gasteiger partial charge on any atom is 0.170 e. The summed E-state index contributed by atoms with van der Waals surface area (Å²) in [5, 5.41) is 11.9. The number of benzene rings is 2. The molecule has 0 aliphatic rings. The van der Waals surface area contributed by atoms with E-state index >= 15 is 0 Å². The zero-order valence-electron chi connectivity index (χ0n) is 11.8. The molecule has 2 aromatic rings. The number of oxime groups is 1. The maximum absolute atomic E-state index is 8.85. The summed E-state index contributed by atoms with van der Waals surface area (Å²) in [5.41, 5.74) is 8.76. The molecule has 3 N–H and O–H groups in total. The average molecular weight is 348 g/mol. The van der Waals surface area contributed by atoms with Gasteiger partial charge in [-0.1, -0.05) is 57.5 Å². The molecule has 0 amide bonds. The first-order valence-electron chi connectivity index (χ1n) is 6.59. The van der Waals surface area contributed by atoms with E-state index in [9.17, 15) is 0 Å². The standard InChI is InChI=1S/C16H18BrN3O/c1-20(10-12-6-8-14(17)9-7-12)11-13-4-2-3-5-15(13)16(18)19-21/h2-9,21H,10-11H2,1H3,(H2,18,19). The Morgan fingerprint density at radius 3 is 2.48 bits per heavy atom. The fourth-order valence-corrected chi connectivity index (χ4v) is 2.47. The summed E-state index contributed by atoms with van der Waals surface area (Å²) in [7, 11) is 2.05. The summed E-state index contributed by atoms with van der Waals surface area (Å²) in [6, 6.07) is 15.9. The van der Waals surface area contributed by atoms with Gasteiger partial charge in [-0.25, -0.2) is 0 Å². The van der Waals surface area contributed by atoms with E-state index in [4.69, 9.17) is 10.9 Å². The van der Waals surface area contributed by atoms with Crippen LogP contribution in [0.5, 0.6) is 0 Å². The summed E-state index contributed by atoms with van der Waals surface area (Å²) >= 11 is 3.43. The van der Waals surface area contributed by atoms with Gasteiger partial charge in [-0.3, -0.25) is 4.90 Å². The van der Waals surface area contributed by atoms with Gasteiger partial charge in [-0.05, 0) is 30.3 Å². The highest BCUT2D eigenvalue weighted by molar-refractivity contribution is 9.10. The molecule has 0 aromatic heterocycles. The van der Waals surface area contributed by atoms with Crippen LogP contribution in [0.4, 0.5) is 0 Å². The fraction of sp³-hybridized carbons (Fsp3) is 0.188. The molecule has 0 saturated carbocycles. The van der Waals surface area contributed by atoms with Crippen LogP contribution in [-0.2, 0) is 13.1 Å². The molecule has 0 saturated heterocycles. The third kappa shape index (κ3) is 4.31. The van der Waals surface area contributed by atoms with Crippen molar-refractivity contribution in [1.82, 2.24) is 4.90 Å². The van der Waals surface area contributed by atoms with Gasteiger partial charge >= 0.3 is 0 Å². The molecule has 21 heavy (non-hydrogen) atoms. The number of hydrogen-bond acceptors (Lipinski definition) is 3. The van der Waals surface area contributed by atoms with Crippen molar-refractivity contribution in [3.8, 4) is 0 Å². The van der Waals surface area contributed by atoms with E-state index in [0.29, 0.717) is 0 Å². The van der Waals surface area contributed by atoms with Crippen molar-refractivity contribution in [2.24, 2.45) is 10.9 Å². The number of halogens is 1. The van der Waals surface area contributed by atoms with Gasteiger partial charge in [0.05, 0.1) is 0 Å². The Hall–Kier alpha value is -1.85. The van der Waals surface area contributed by atoms with Crippen molar-refractivity contribution in [2.45, 2.75) is 13.1 Å². The zero-order valence-corrected chi connectivity index (χ0v) is 13.4. The highest BCUT2D eigenvalue weighted by atomic mass is 79.9. The first-order valence-corrected chi connectivity index (χ1v) is 7.38. The topological polar surface area (TPSA) is 61.8 Å². The van der Waals surface area contributed by atoms with Crippen LogP contribution in [0, 0.1) is 0 Å². The predicted molar refractivity (Wildman–Crippen MR) is 88.3 cm³/mol. The van der Waals surface area contributed by atoms with Gasteiger partial charge < -0.3 is 10.9 Å².